The second kappa shape index (κ2) is 3.53. The van der Waals surface area contributed by atoms with Gasteiger partial charge in [-0.3, -0.25) is 0 Å². The number of anilines is 1. The highest BCUT2D eigenvalue weighted by atomic mass is 16.3. The Balaban J connectivity index is 1.89. The van der Waals surface area contributed by atoms with E-state index in [4.69, 9.17) is 0 Å². The molecular formula is C17H17NO. The van der Waals surface area contributed by atoms with Crippen LogP contribution in [-0.2, 0) is 6.42 Å². The highest BCUT2D eigenvalue weighted by Gasteiger charge is 2.40. The van der Waals surface area contributed by atoms with E-state index < -0.39 is 0 Å². The Morgan fingerprint density at radius 2 is 2.00 bits per heavy atom. The van der Waals surface area contributed by atoms with E-state index in [0.717, 1.165) is 17.5 Å². The van der Waals surface area contributed by atoms with Crippen molar-refractivity contribution >= 4 is 5.69 Å². The molecule has 0 saturated carbocycles. The van der Waals surface area contributed by atoms with Gasteiger partial charge in [-0.1, -0.05) is 24.3 Å². The van der Waals surface area contributed by atoms with Crippen molar-refractivity contribution in [2.75, 3.05) is 5.32 Å². The predicted octanol–water partition coefficient (Wildman–Crippen LogP) is 3.82. The van der Waals surface area contributed by atoms with Crippen molar-refractivity contribution in [2.24, 2.45) is 0 Å². The Morgan fingerprint density at radius 3 is 2.84 bits per heavy atom. The van der Waals surface area contributed by atoms with Gasteiger partial charge in [0.2, 0.25) is 0 Å². The zero-order valence-corrected chi connectivity index (χ0v) is 11.2. The van der Waals surface area contributed by atoms with Crippen LogP contribution in [0.25, 0.3) is 0 Å². The van der Waals surface area contributed by atoms with Crippen LogP contribution in [-0.4, -0.2) is 5.11 Å². The van der Waals surface area contributed by atoms with Gasteiger partial charge in [0, 0.05) is 11.6 Å². The molecule has 0 bridgehead atoms. The molecule has 2 aromatic carbocycles. The van der Waals surface area contributed by atoms with Gasteiger partial charge in [-0.2, -0.15) is 0 Å². The van der Waals surface area contributed by atoms with Gasteiger partial charge >= 0.3 is 0 Å². The SMILES string of the molecule is Cc1cc2c(c(C)c1O)[C@H]1Cc3ccccc3[C@H]1N2. The number of aryl methyl sites for hydroxylation is 1. The second-order valence-electron chi connectivity index (χ2n) is 5.76. The summed E-state index contributed by atoms with van der Waals surface area (Å²) in [5.74, 6) is 0.927. The Labute approximate surface area is 113 Å². The molecule has 2 aromatic rings. The van der Waals surface area contributed by atoms with Gasteiger partial charge in [-0.25, -0.2) is 0 Å². The largest absolute Gasteiger partial charge is 0.507 e. The van der Waals surface area contributed by atoms with Gasteiger partial charge in [0.15, 0.2) is 0 Å². The van der Waals surface area contributed by atoms with Crippen LogP contribution in [0.2, 0.25) is 0 Å². The van der Waals surface area contributed by atoms with Crippen LogP contribution in [0, 0.1) is 13.8 Å². The number of hydrogen-bond donors (Lipinski definition) is 2. The first-order valence-corrected chi connectivity index (χ1v) is 6.84. The van der Waals surface area contributed by atoms with Gasteiger partial charge in [-0.15, -0.1) is 0 Å². The van der Waals surface area contributed by atoms with Crippen molar-refractivity contribution < 1.29 is 5.11 Å². The second-order valence-corrected chi connectivity index (χ2v) is 5.76. The van der Waals surface area contributed by atoms with Gasteiger partial charge in [-0.05, 0) is 54.2 Å². The molecule has 0 unspecified atom stereocenters. The number of aromatic hydroxyl groups is 1. The first-order chi connectivity index (χ1) is 9.16. The van der Waals surface area contributed by atoms with E-state index >= 15 is 0 Å². The molecule has 0 amide bonds. The molecule has 2 heteroatoms. The summed E-state index contributed by atoms with van der Waals surface area (Å²) in [5, 5.41) is 13.8. The maximum atomic E-state index is 10.2. The maximum Gasteiger partial charge on any atom is 0.121 e. The molecule has 1 aliphatic carbocycles. The molecule has 4 rings (SSSR count). The Kier molecular flexibility index (Phi) is 2.03. The number of rotatable bonds is 0. The van der Waals surface area contributed by atoms with E-state index in [-0.39, 0.29) is 0 Å². The average Bonchev–Trinajstić information content (AvgIpc) is 2.91. The Hall–Kier alpha value is -1.96. The van der Waals surface area contributed by atoms with E-state index in [2.05, 4.69) is 35.6 Å². The van der Waals surface area contributed by atoms with Crippen LogP contribution in [0.5, 0.6) is 5.75 Å². The molecule has 2 aliphatic rings. The van der Waals surface area contributed by atoms with E-state index in [1.807, 2.05) is 13.8 Å². The zero-order chi connectivity index (χ0) is 13.1. The molecular weight excluding hydrogens is 234 g/mol. The molecule has 1 heterocycles. The minimum atomic E-state index is 0.381. The molecule has 19 heavy (non-hydrogen) atoms. The standard InChI is InChI=1S/C17H17NO/c1-9-7-14-15(10(2)17(9)19)13-8-11-5-3-4-6-12(11)16(13)18-14/h3-7,13,16,18-19H,8H2,1-2H3/t13-,16-/m1/s1. The number of phenols is 1. The number of hydrogen-bond acceptors (Lipinski definition) is 2. The van der Waals surface area contributed by atoms with Gasteiger partial charge in [0.1, 0.15) is 5.75 Å². The quantitative estimate of drug-likeness (QED) is 0.698. The van der Waals surface area contributed by atoms with E-state index in [0.29, 0.717) is 17.7 Å². The van der Waals surface area contributed by atoms with Crippen molar-refractivity contribution in [3.63, 3.8) is 0 Å². The van der Waals surface area contributed by atoms with Crippen LogP contribution in [0.15, 0.2) is 30.3 Å². The molecule has 0 saturated heterocycles. The van der Waals surface area contributed by atoms with Crippen LogP contribution in [0.3, 0.4) is 0 Å². The maximum absolute atomic E-state index is 10.2. The lowest BCUT2D eigenvalue weighted by atomic mass is 9.90. The first-order valence-electron chi connectivity index (χ1n) is 6.84. The normalized spacial score (nSPS) is 22.6. The fourth-order valence-electron chi connectivity index (χ4n) is 3.79. The van der Waals surface area contributed by atoms with E-state index in [1.165, 1.54) is 22.4 Å². The number of benzene rings is 2. The fraction of sp³-hybridized carbons (Fsp3) is 0.294. The topological polar surface area (TPSA) is 32.3 Å². The summed E-state index contributed by atoms with van der Waals surface area (Å²) in [6, 6.07) is 11.1. The van der Waals surface area contributed by atoms with E-state index in [1.54, 1.807) is 0 Å². The lowest BCUT2D eigenvalue weighted by molar-refractivity contribution is 0.465. The van der Waals surface area contributed by atoms with Gasteiger partial charge in [0.25, 0.3) is 0 Å². The highest BCUT2D eigenvalue weighted by Crippen LogP contribution is 2.54. The molecule has 96 valence electrons. The lowest BCUT2D eigenvalue weighted by Gasteiger charge is -2.13. The molecule has 0 spiro atoms. The third kappa shape index (κ3) is 1.31. The van der Waals surface area contributed by atoms with Crippen LogP contribution >= 0.6 is 0 Å². The Bertz CT molecular complexity index is 690. The van der Waals surface area contributed by atoms with Crippen molar-refractivity contribution in [1.82, 2.24) is 0 Å². The monoisotopic (exact) mass is 251 g/mol. The molecule has 2 N–H and O–H groups in total. The molecule has 0 aromatic heterocycles. The molecule has 0 radical (unpaired) electrons. The minimum Gasteiger partial charge on any atom is -0.507 e. The zero-order valence-electron chi connectivity index (χ0n) is 11.2. The summed E-state index contributed by atoms with van der Waals surface area (Å²) in [5.41, 5.74) is 7.37. The third-order valence-corrected chi connectivity index (χ3v) is 4.70. The number of phenolic OH excluding ortho intramolecular Hbond substituents is 1. The molecule has 0 fully saturated rings. The molecule has 1 aliphatic heterocycles. The molecule has 2 atom stereocenters. The highest BCUT2D eigenvalue weighted by molar-refractivity contribution is 5.70. The summed E-state index contributed by atoms with van der Waals surface area (Å²) in [6.45, 7) is 4.00. The van der Waals surface area contributed by atoms with Crippen molar-refractivity contribution in [3.05, 3.63) is 58.1 Å². The van der Waals surface area contributed by atoms with Crippen LogP contribution in [0.1, 0.15) is 39.8 Å². The van der Waals surface area contributed by atoms with Crippen molar-refractivity contribution in [1.29, 1.82) is 0 Å². The van der Waals surface area contributed by atoms with Crippen LogP contribution in [0.4, 0.5) is 5.69 Å². The fourth-order valence-corrected chi connectivity index (χ4v) is 3.79. The summed E-state index contributed by atoms with van der Waals surface area (Å²) in [6.07, 6.45) is 1.07. The number of nitrogens with one attached hydrogen (secondary N) is 1. The average molecular weight is 251 g/mol. The Morgan fingerprint density at radius 1 is 1.21 bits per heavy atom. The lowest BCUT2D eigenvalue weighted by Crippen LogP contribution is -2.05. The van der Waals surface area contributed by atoms with Crippen molar-refractivity contribution in [2.45, 2.75) is 32.2 Å². The van der Waals surface area contributed by atoms with Gasteiger partial charge in [0.05, 0.1) is 6.04 Å². The van der Waals surface area contributed by atoms with Gasteiger partial charge < -0.3 is 10.4 Å². The third-order valence-electron chi connectivity index (χ3n) is 4.70. The summed E-state index contributed by atoms with van der Waals surface area (Å²) in [4.78, 5) is 0. The minimum absolute atomic E-state index is 0.381. The first kappa shape index (κ1) is 10.9. The van der Waals surface area contributed by atoms with Crippen LogP contribution < -0.4 is 5.32 Å². The molecule has 2 nitrogen and oxygen atoms in total. The van der Waals surface area contributed by atoms with E-state index in [9.17, 15) is 5.11 Å². The summed E-state index contributed by atoms with van der Waals surface area (Å²) >= 11 is 0. The van der Waals surface area contributed by atoms with Crippen molar-refractivity contribution in [3.8, 4) is 5.75 Å². The predicted molar refractivity (Wildman–Crippen MR) is 76.8 cm³/mol. The summed E-state index contributed by atoms with van der Waals surface area (Å²) in [7, 11) is 0. The smallest absolute Gasteiger partial charge is 0.121 e. The summed E-state index contributed by atoms with van der Waals surface area (Å²) < 4.78 is 0. The number of fused-ring (bicyclic) bond motifs is 5.